The molecule has 6 rings (SSSR count). The summed E-state index contributed by atoms with van der Waals surface area (Å²) in [5.41, 5.74) is 2.66. The number of amides is 2. The van der Waals surface area contributed by atoms with Crippen LogP contribution < -0.4 is 5.32 Å². The van der Waals surface area contributed by atoms with Crippen molar-refractivity contribution in [1.82, 2.24) is 10.2 Å². The van der Waals surface area contributed by atoms with E-state index in [0.29, 0.717) is 24.2 Å². The largest absolute Gasteiger partial charge is 0.348 e. The fourth-order valence-corrected chi connectivity index (χ4v) is 9.62. The Balaban J connectivity index is 1.22. The lowest BCUT2D eigenvalue weighted by molar-refractivity contribution is -0.138. The van der Waals surface area contributed by atoms with Crippen LogP contribution in [0.15, 0.2) is 59.6 Å². The van der Waals surface area contributed by atoms with Crippen molar-refractivity contribution in [2.24, 2.45) is 34.5 Å². The zero-order valence-electron chi connectivity index (χ0n) is 22.4. The number of allylic oxidation sites excluding steroid dienone is 2. The zero-order valence-corrected chi connectivity index (χ0v) is 23.2. The predicted octanol–water partition coefficient (Wildman–Crippen LogP) is 6.75. The summed E-state index contributed by atoms with van der Waals surface area (Å²) in [4.78, 5) is 29.6. The Hall–Kier alpha value is -2.40. The molecule has 1 saturated heterocycles. The van der Waals surface area contributed by atoms with Gasteiger partial charge in [-0.15, -0.1) is 11.3 Å². The molecule has 2 amide bonds. The molecular formula is C32H40N2O2S. The third-order valence-electron chi connectivity index (χ3n) is 10.8. The Bertz CT molecular complexity index is 1190. The maximum Gasteiger partial charge on any atom is 0.226 e. The lowest BCUT2D eigenvalue weighted by Crippen LogP contribution is -2.54. The molecule has 0 bridgehead atoms. The van der Waals surface area contributed by atoms with Crippen molar-refractivity contribution in [1.29, 1.82) is 0 Å². The average Bonchev–Trinajstić information content (AvgIpc) is 3.55. The molecule has 1 aliphatic heterocycles. The van der Waals surface area contributed by atoms with Crippen molar-refractivity contribution in [2.45, 2.75) is 71.3 Å². The highest BCUT2D eigenvalue weighted by atomic mass is 32.1. The molecule has 2 saturated carbocycles. The van der Waals surface area contributed by atoms with E-state index >= 15 is 0 Å². The minimum Gasteiger partial charge on any atom is -0.348 e. The number of carbonyl (C=O) groups is 2. The number of nitrogens with zero attached hydrogens (tertiary/aromatic N) is 1. The van der Waals surface area contributed by atoms with Gasteiger partial charge in [-0.25, -0.2) is 0 Å². The van der Waals surface area contributed by atoms with Crippen LogP contribution in [0.3, 0.4) is 0 Å². The Morgan fingerprint density at radius 3 is 2.65 bits per heavy atom. The topological polar surface area (TPSA) is 49.4 Å². The number of carbonyl (C=O) groups excluding carboxylic acids is 2. The number of rotatable bonds is 5. The van der Waals surface area contributed by atoms with Crippen LogP contribution >= 0.6 is 11.3 Å². The molecule has 3 aliphatic carbocycles. The first-order chi connectivity index (χ1) is 17.8. The smallest absolute Gasteiger partial charge is 0.226 e. The van der Waals surface area contributed by atoms with Crippen LogP contribution in [-0.2, 0) is 16.0 Å². The SMILES string of the molecule is CN1C(=O)CC[C@@]2(C)C1=CC[C@H]1[C@@H]3CC[C@H](C(=O)NC(Cc4ccccc4)c4cccs4)[C@@]3(C)CC[C@@H]12. The van der Waals surface area contributed by atoms with E-state index in [9.17, 15) is 9.59 Å². The summed E-state index contributed by atoms with van der Waals surface area (Å²) in [6.07, 6.45) is 10.3. The maximum atomic E-state index is 14.0. The van der Waals surface area contributed by atoms with Gasteiger partial charge < -0.3 is 10.2 Å². The first-order valence-corrected chi connectivity index (χ1v) is 15.0. The van der Waals surface area contributed by atoms with Crippen molar-refractivity contribution in [2.75, 3.05) is 7.05 Å². The molecule has 37 heavy (non-hydrogen) atoms. The normalized spacial score (nSPS) is 35.7. The Kier molecular flexibility index (Phi) is 6.34. The molecule has 2 heterocycles. The van der Waals surface area contributed by atoms with Crippen molar-refractivity contribution >= 4 is 23.2 Å². The number of hydrogen-bond acceptors (Lipinski definition) is 3. The van der Waals surface area contributed by atoms with Gasteiger partial charge in [-0.05, 0) is 85.1 Å². The number of piperidine rings is 1. The van der Waals surface area contributed by atoms with Gasteiger partial charge in [0.05, 0.1) is 6.04 Å². The van der Waals surface area contributed by atoms with E-state index < -0.39 is 0 Å². The van der Waals surface area contributed by atoms with Gasteiger partial charge in [0.15, 0.2) is 0 Å². The molecule has 3 fully saturated rings. The van der Waals surface area contributed by atoms with E-state index in [4.69, 9.17) is 0 Å². The van der Waals surface area contributed by atoms with Crippen LogP contribution in [0.25, 0.3) is 0 Å². The standard InChI is InChI=1S/C32H40N2O2S/c1-31-17-15-24-22(11-14-28-32(24,2)18-16-29(35)34(28)3)23(31)12-13-25(31)30(36)33-26(27-10-7-19-37-27)20-21-8-5-4-6-9-21/h4-10,14,19,22-26H,11-13,15-18,20H2,1-3H3,(H,33,36)/t22-,23-,24-,25+,26?,31-,32+/m0/s1. The molecule has 1 N–H and O–H groups in total. The highest BCUT2D eigenvalue weighted by Gasteiger charge is 2.60. The summed E-state index contributed by atoms with van der Waals surface area (Å²) in [5.74, 6) is 2.39. The Morgan fingerprint density at radius 1 is 1.08 bits per heavy atom. The second-order valence-corrected chi connectivity index (χ2v) is 13.5. The number of fused-ring (bicyclic) bond motifs is 5. The van der Waals surface area contributed by atoms with Gasteiger partial charge in [0, 0.05) is 35.4 Å². The minimum absolute atomic E-state index is 0.0169. The average molecular weight is 517 g/mol. The zero-order chi connectivity index (χ0) is 25.8. The lowest BCUT2D eigenvalue weighted by atomic mass is 9.49. The van der Waals surface area contributed by atoms with Gasteiger partial charge in [-0.3, -0.25) is 9.59 Å². The molecule has 1 aromatic carbocycles. The van der Waals surface area contributed by atoms with Crippen molar-refractivity contribution in [3.8, 4) is 0 Å². The fraction of sp³-hybridized carbons (Fsp3) is 0.562. The van der Waals surface area contributed by atoms with E-state index in [2.05, 4.69) is 67.0 Å². The molecule has 0 spiro atoms. The highest BCUT2D eigenvalue weighted by Crippen LogP contribution is 2.66. The van der Waals surface area contributed by atoms with Gasteiger partial charge in [0.25, 0.3) is 0 Å². The Labute approximate surface area is 225 Å². The summed E-state index contributed by atoms with van der Waals surface area (Å²) in [6.45, 7) is 4.83. The molecule has 1 unspecified atom stereocenters. The molecule has 1 aromatic heterocycles. The van der Waals surface area contributed by atoms with Gasteiger partial charge >= 0.3 is 0 Å². The maximum absolute atomic E-state index is 14.0. The van der Waals surface area contributed by atoms with Crippen LogP contribution in [0.5, 0.6) is 0 Å². The van der Waals surface area contributed by atoms with E-state index in [1.54, 1.807) is 11.3 Å². The molecule has 0 radical (unpaired) electrons. The molecule has 4 nitrogen and oxygen atoms in total. The lowest BCUT2D eigenvalue weighted by Gasteiger charge is -2.58. The third kappa shape index (κ3) is 4.09. The summed E-state index contributed by atoms with van der Waals surface area (Å²) in [5, 5.41) is 5.63. The van der Waals surface area contributed by atoms with E-state index in [-0.39, 0.29) is 34.6 Å². The number of thiophene rings is 1. The van der Waals surface area contributed by atoms with Gasteiger partial charge in [0.1, 0.15) is 0 Å². The number of likely N-dealkylation sites (tertiary alicyclic amines) is 1. The minimum atomic E-state index is 0.0169. The second-order valence-electron chi connectivity index (χ2n) is 12.5. The third-order valence-corrected chi connectivity index (χ3v) is 11.8. The highest BCUT2D eigenvalue weighted by molar-refractivity contribution is 7.10. The van der Waals surface area contributed by atoms with Crippen molar-refractivity contribution in [3.63, 3.8) is 0 Å². The summed E-state index contributed by atoms with van der Waals surface area (Å²) >= 11 is 1.73. The van der Waals surface area contributed by atoms with Crippen molar-refractivity contribution in [3.05, 3.63) is 70.1 Å². The quantitative estimate of drug-likeness (QED) is 0.478. The molecular weight excluding hydrogens is 476 g/mol. The summed E-state index contributed by atoms with van der Waals surface area (Å²) in [6, 6.07) is 14.8. The predicted molar refractivity (Wildman–Crippen MR) is 149 cm³/mol. The fourth-order valence-electron chi connectivity index (χ4n) is 8.85. The molecule has 196 valence electrons. The summed E-state index contributed by atoms with van der Waals surface area (Å²) < 4.78 is 0. The molecule has 7 atom stereocenters. The molecule has 2 aromatic rings. The van der Waals surface area contributed by atoms with Gasteiger partial charge in [-0.2, -0.15) is 0 Å². The second kappa shape index (κ2) is 9.41. The van der Waals surface area contributed by atoms with E-state index in [1.807, 2.05) is 18.0 Å². The number of hydrogen-bond donors (Lipinski definition) is 1. The molecule has 4 aliphatic rings. The van der Waals surface area contributed by atoms with Crippen molar-refractivity contribution < 1.29 is 9.59 Å². The first-order valence-electron chi connectivity index (χ1n) is 14.2. The van der Waals surface area contributed by atoms with Crippen LogP contribution in [0.2, 0.25) is 0 Å². The summed E-state index contributed by atoms with van der Waals surface area (Å²) in [7, 11) is 1.97. The van der Waals surface area contributed by atoms with E-state index in [0.717, 1.165) is 44.9 Å². The van der Waals surface area contributed by atoms with Gasteiger partial charge in [0.2, 0.25) is 11.8 Å². The first kappa shape index (κ1) is 24.9. The van der Waals surface area contributed by atoms with Crippen LogP contribution in [0.4, 0.5) is 0 Å². The van der Waals surface area contributed by atoms with Gasteiger partial charge in [-0.1, -0.05) is 56.3 Å². The van der Waals surface area contributed by atoms with Crippen LogP contribution in [0, 0.1) is 34.5 Å². The van der Waals surface area contributed by atoms with Crippen LogP contribution in [0.1, 0.15) is 75.3 Å². The number of benzene rings is 1. The van der Waals surface area contributed by atoms with Crippen LogP contribution in [-0.4, -0.2) is 23.8 Å². The Morgan fingerprint density at radius 2 is 1.89 bits per heavy atom. The number of nitrogens with one attached hydrogen (secondary N) is 1. The van der Waals surface area contributed by atoms with E-state index in [1.165, 1.54) is 16.1 Å². The monoisotopic (exact) mass is 516 g/mol. The molecule has 5 heteroatoms.